The summed E-state index contributed by atoms with van der Waals surface area (Å²) in [6.45, 7) is 9.86. The molecule has 4 rings (SSSR count). The normalized spacial score (nSPS) is 10.9. The van der Waals surface area contributed by atoms with E-state index in [0.717, 1.165) is 24.3 Å². The van der Waals surface area contributed by atoms with Gasteiger partial charge in [-0.05, 0) is 96.2 Å². The minimum atomic E-state index is 0.582. The van der Waals surface area contributed by atoms with Gasteiger partial charge in [0.1, 0.15) is 24.7 Å². The third kappa shape index (κ3) is 7.74. The Kier molecular flexibility index (Phi) is 10.0. The van der Waals surface area contributed by atoms with E-state index in [9.17, 15) is 0 Å². The first kappa shape index (κ1) is 27.5. The van der Waals surface area contributed by atoms with Gasteiger partial charge >= 0.3 is 0 Å². The van der Waals surface area contributed by atoms with Gasteiger partial charge in [-0.1, -0.05) is 99.5 Å². The smallest absolute Gasteiger partial charge is 0.123 e. The molecule has 0 amide bonds. The van der Waals surface area contributed by atoms with Crippen molar-refractivity contribution in [2.24, 2.45) is 0 Å². The molecule has 0 aliphatic rings. The van der Waals surface area contributed by atoms with Crippen LogP contribution in [0.3, 0.4) is 0 Å². The van der Waals surface area contributed by atoms with E-state index in [1.54, 1.807) is 0 Å². The Hall–Kier alpha value is -3.52. The Balaban J connectivity index is 1.35. The molecule has 0 aromatic heterocycles. The maximum Gasteiger partial charge on any atom is 0.123 e. The van der Waals surface area contributed by atoms with Crippen LogP contribution >= 0.6 is 0 Å². The fraction of sp³-hybridized carbons (Fsp3) is 0.333. The second kappa shape index (κ2) is 13.9. The van der Waals surface area contributed by atoms with Crippen LogP contribution in [0.5, 0.6) is 11.5 Å². The minimum Gasteiger partial charge on any atom is -0.489 e. The van der Waals surface area contributed by atoms with E-state index in [0.29, 0.717) is 13.2 Å². The van der Waals surface area contributed by atoms with Crippen LogP contribution in [0.1, 0.15) is 72.9 Å². The zero-order chi connectivity index (χ0) is 26.7. The average Bonchev–Trinajstić information content (AvgIpc) is 2.94. The Morgan fingerprint density at radius 1 is 0.500 bits per heavy atom. The van der Waals surface area contributed by atoms with Gasteiger partial charge in [0, 0.05) is 0 Å². The predicted molar refractivity (Wildman–Crippen MR) is 160 cm³/mol. The molecule has 0 bridgehead atoms. The molecule has 4 aromatic carbocycles. The van der Waals surface area contributed by atoms with Crippen molar-refractivity contribution in [1.82, 2.24) is 0 Å². The number of benzene rings is 4. The molecule has 0 saturated carbocycles. The van der Waals surface area contributed by atoms with Crippen molar-refractivity contribution < 1.29 is 9.47 Å². The monoisotopic (exact) mass is 506 g/mol. The number of hydrogen-bond donors (Lipinski definition) is 0. The summed E-state index contributed by atoms with van der Waals surface area (Å²) in [6, 6.07) is 30.5. The summed E-state index contributed by atoms with van der Waals surface area (Å²) in [7, 11) is 0. The molecule has 0 unspecified atom stereocenters. The highest BCUT2D eigenvalue weighted by Gasteiger charge is 2.07. The van der Waals surface area contributed by atoms with Crippen LogP contribution in [0.15, 0.2) is 84.9 Å². The number of hydrogen-bond acceptors (Lipinski definition) is 2. The van der Waals surface area contributed by atoms with Crippen LogP contribution in [0.25, 0.3) is 11.1 Å². The Morgan fingerprint density at radius 2 is 0.895 bits per heavy atom. The lowest BCUT2D eigenvalue weighted by atomic mass is 10.0. The van der Waals surface area contributed by atoms with Crippen LogP contribution in [0, 0.1) is 13.8 Å². The maximum absolute atomic E-state index is 6.25. The molecule has 0 spiro atoms. The summed E-state index contributed by atoms with van der Waals surface area (Å²) in [5.74, 6) is 2.03. The molecule has 0 saturated heterocycles. The van der Waals surface area contributed by atoms with Gasteiger partial charge in [-0.15, -0.1) is 0 Å². The average molecular weight is 507 g/mol. The molecule has 0 radical (unpaired) electrons. The summed E-state index contributed by atoms with van der Waals surface area (Å²) in [5.41, 5.74) is 9.86. The Morgan fingerprint density at radius 3 is 1.26 bits per heavy atom. The topological polar surface area (TPSA) is 18.5 Å². The fourth-order valence-corrected chi connectivity index (χ4v) is 4.65. The van der Waals surface area contributed by atoms with Crippen LogP contribution in [-0.2, 0) is 26.1 Å². The lowest BCUT2D eigenvalue weighted by Crippen LogP contribution is -2.00. The number of unbranched alkanes of at least 4 members (excludes halogenated alkanes) is 2. The zero-order valence-corrected chi connectivity index (χ0v) is 23.6. The van der Waals surface area contributed by atoms with Gasteiger partial charge in [0.2, 0.25) is 0 Å². The predicted octanol–water partition coefficient (Wildman–Crippen LogP) is 9.81. The second-order valence-electron chi connectivity index (χ2n) is 10.4. The van der Waals surface area contributed by atoms with Gasteiger partial charge in [0.05, 0.1) is 0 Å². The summed E-state index contributed by atoms with van der Waals surface area (Å²) in [6.07, 6.45) is 6.88. The third-order valence-corrected chi connectivity index (χ3v) is 7.07. The molecule has 0 atom stereocenters. The highest BCUT2D eigenvalue weighted by Crippen LogP contribution is 2.26. The molecule has 0 aliphatic heterocycles. The molecular formula is C36H42O2. The van der Waals surface area contributed by atoms with Crippen molar-refractivity contribution >= 4 is 0 Å². The van der Waals surface area contributed by atoms with Crippen molar-refractivity contribution in [3.05, 3.63) is 118 Å². The molecule has 2 heteroatoms. The summed E-state index contributed by atoms with van der Waals surface area (Å²) in [5, 5.41) is 0. The molecular weight excluding hydrogens is 464 g/mol. The van der Waals surface area contributed by atoms with Gasteiger partial charge in [-0.3, -0.25) is 0 Å². The Bertz CT molecular complexity index is 1180. The first-order valence-electron chi connectivity index (χ1n) is 14.2. The molecule has 4 aromatic rings. The highest BCUT2D eigenvalue weighted by molar-refractivity contribution is 5.64. The Labute approximate surface area is 229 Å². The zero-order valence-electron chi connectivity index (χ0n) is 23.6. The summed E-state index contributed by atoms with van der Waals surface area (Å²) < 4.78 is 12.5. The first-order valence-corrected chi connectivity index (χ1v) is 14.2. The van der Waals surface area contributed by atoms with E-state index in [-0.39, 0.29) is 0 Å². The van der Waals surface area contributed by atoms with Gasteiger partial charge in [-0.2, -0.15) is 0 Å². The number of aryl methyl sites for hydroxylation is 4. The van der Waals surface area contributed by atoms with E-state index in [1.807, 2.05) is 0 Å². The maximum atomic E-state index is 6.25. The van der Waals surface area contributed by atoms with Crippen molar-refractivity contribution in [3.8, 4) is 22.6 Å². The SMILES string of the molecule is CCCCc1ccc(C)cc1OCc1ccc(-c2ccc(COc3cc(C)ccc3CCCC)cc2)cc1. The summed E-state index contributed by atoms with van der Waals surface area (Å²) in [4.78, 5) is 0. The van der Waals surface area contributed by atoms with Crippen molar-refractivity contribution in [2.45, 2.75) is 79.4 Å². The third-order valence-electron chi connectivity index (χ3n) is 7.07. The molecule has 0 fully saturated rings. The van der Waals surface area contributed by atoms with E-state index >= 15 is 0 Å². The first-order chi connectivity index (χ1) is 18.6. The van der Waals surface area contributed by atoms with Crippen LogP contribution < -0.4 is 9.47 Å². The van der Waals surface area contributed by atoms with E-state index in [4.69, 9.17) is 9.47 Å². The quantitative estimate of drug-likeness (QED) is 0.180. The minimum absolute atomic E-state index is 0.582. The number of rotatable bonds is 13. The molecule has 0 N–H and O–H groups in total. The van der Waals surface area contributed by atoms with E-state index in [1.165, 1.54) is 70.2 Å². The van der Waals surface area contributed by atoms with Gasteiger partial charge in [-0.25, -0.2) is 0 Å². The highest BCUT2D eigenvalue weighted by atomic mass is 16.5. The lowest BCUT2D eigenvalue weighted by Gasteiger charge is -2.13. The van der Waals surface area contributed by atoms with Crippen molar-refractivity contribution in [3.63, 3.8) is 0 Å². The fourth-order valence-electron chi connectivity index (χ4n) is 4.65. The largest absolute Gasteiger partial charge is 0.489 e. The van der Waals surface area contributed by atoms with Crippen LogP contribution in [0.2, 0.25) is 0 Å². The number of ether oxygens (including phenoxy) is 2. The van der Waals surface area contributed by atoms with Crippen molar-refractivity contribution in [1.29, 1.82) is 0 Å². The van der Waals surface area contributed by atoms with Gasteiger partial charge in [0.15, 0.2) is 0 Å². The summed E-state index contributed by atoms with van der Waals surface area (Å²) >= 11 is 0. The van der Waals surface area contributed by atoms with Crippen molar-refractivity contribution in [2.75, 3.05) is 0 Å². The van der Waals surface area contributed by atoms with Crippen LogP contribution in [0.4, 0.5) is 0 Å². The molecule has 198 valence electrons. The lowest BCUT2D eigenvalue weighted by molar-refractivity contribution is 0.302. The van der Waals surface area contributed by atoms with Gasteiger partial charge < -0.3 is 9.47 Å². The molecule has 0 aliphatic carbocycles. The molecule has 0 heterocycles. The van der Waals surface area contributed by atoms with E-state index < -0.39 is 0 Å². The standard InChI is InChI=1S/C36H42O2/c1-5-7-9-33-17-11-27(3)23-35(33)37-25-29-13-19-31(20-14-29)32-21-15-30(16-22-32)26-38-36-24-28(4)12-18-34(36)10-8-6-2/h11-24H,5-10,25-26H2,1-4H3. The van der Waals surface area contributed by atoms with Gasteiger partial charge in [0.25, 0.3) is 0 Å². The molecule has 2 nitrogen and oxygen atoms in total. The van der Waals surface area contributed by atoms with E-state index in [2.05, 4.69) is 113 Å². The second-order valence-corrected chi connectivity index (χ2v) is 10.4. The molecule has 38 heavy (non-hydrogen) atoms. The van der Waals surface area contributed by atoms with Crippen LogP contribution in [-0.4, -0.2) is 0 Å².